The van der Waals surface area contributed by atoms with Gasteiger partial charge in [0.25, 0.3) is 0 Å². The maximum absolute atomic E-state index is 12.1. The number of carbonyl (C=O) groups is 1. The van der Waals surface area contributed by atoms with Crippen molar-refractivity contribution in [1.82, 2.24) is 10.4 Å². The van der Waals surface area contributed by atoms with E-state index in [0.717, 1.165) is 44.9 Å². The molecule has 5 nitrogen and oxygen atoms in total. The van der Waals surface area contributed by atoms with Crippen molar-refractivity contribution in [3.63, 3.8) is 0 Å². The van der Waals surface area contributed by atoms with Crippen molar-refractivity contribution in [3.05, 3.63) is 58.0 Å². The number of fused-ring (bicyclic) bond motifs is 1. The van der Waals surface area contributed by atoms with E-state index in [0.29, 0.717) is 0 Å². The standard InChI is InChI=1S/C20H21N3O2S/c1-4-18(22-23-19(24)11-20-21-13(2)12-26-20)16-6-5-15-10-17(25-3)8-7-14(15)9-16/h5-10,12H,4,11H2,1-3H3,(H,23,24)/b22-18-. The topological polar surface area (TPSA) is 63.6 Å². The molecule has 2 aromatic carbocycles. The predicted molar refractivity (Wildman–Crippen MR) is 106 cm³/mol. The highest BCUT2D eigenvalue weighted by atomic mass is 32.1. The lowest BCUT2D eigenvalue weighted by molar-refractivity contribution is -0.120. The highest BCUT2D eigenvalue weighted by Gasteiger charge is 2.08. The first-order chi connectivity index (χ1) is 12.6. The normalized spacial score (nSPS) is 11.6. The lowest BCUT2D eigenvalue weighted by Gasteiger charge is -2.08. The second kappa shape index (κ2) is 8.10. The summed E-state index contributed by atoms with van der Waals surface area (Å²) < 4.78 is 5.26. The zero-order valence-corrected chi connectivity index (χ0v) is 15.9. The fourth-order valence-corrected chi connectivity index (χ4v) is 3.44. The van der Waals surface area contributed by atoms with E-state index in [1.54, 1.807) is 7.11 Å². The molecular weight excluding hydrogens is 346 g/mol. The van der Waals surface area contributed by atoms with E-state index >= 15 is 0 Å². The van der Waals surface area contributed by atoms with Gasteiger partial charge < -0.3 is 4.74 Å². The molecule has 1 heterocycles. The summed E-state index contributed by atoms with van der Waals surface area (Å²) in [5, 5.41) is 9.27. The summed E-state index contributed by atoms with van der Waals surface area (Å²) in [6.45, 7) is 3.94. The Morgan fingerprint density at radius 1 is 1.23 bits per heavy atom. The highest BCUT2D eigenvalue weighted by Crippen LogP contribution is 2.22. The summed E-state index contributed by atoms with van der Waals surface area (Å²) in [6, 6.07) is 12.1. The first-order valence-electron chi connectivity index (χ1n) is 8.43. The number of benzene rings is 2. The van der Waals surface area contributed by atoms with E-state index in [9.17, 15) is 4.79 Å². The van der Waals surface area contributed by atoms with E-state index in [1.165, 1.54) is 11.3 Å². The number of methoxy groups -OCH3 is 1. The molecule has 0 saturated carbocycles. The van der Waals surface area contributed by atoms with Crippen LogP contribution in [0.5, 0.6) is 5.75 Å². The van der Waals surface area contributed by atoms with Crippen LogP contribution >= 0.6 is 11.3 Å². The first-order valence-corrected chi connectivity index (χ1v) is 9.31. The molecule has 0 aliphatic carbocycles. The number of ether oxygens (including phenoxy) is 1. The Hall–Kier alpha value is -2.73. The summed E-state index contributed by atoms with van der Waals surface area (Å²) in [5.74, 6) is 0.676. The summed E-state index contributed by atoms with van der Waals surface area (Å²) in [6.07, 6.45) is 0.967. The van der Waals surface area contributed by atoms with Crippen molar-refractivity contribution < 1.29 is 9.53 Å². The molecule has 0 spiro atoms. The van der Waals surface area contributed by atoms with Gasteiger partial charge in [0.1, 0.15) is 10.8 Å². The lowest BCUT2D eigenvalue weighted by atomic mass is 10.0. The van der Waals surface area contributed by atoms with Gasteiger partial charge in [-0.25, -0.2) is 10.4 Å². The molecule has 0 atom stereocenters. The quantitative estimate of drug-likeness (QED) is 0.527. The Morgan fingerprint density at radius 2 is 2.00 bits per heavy atom. The second-order valence-electron chi connectivity index (χ2n) is 5.93. The number of thiazole rings is 1. The number of nitrogens with one attached hydrogen (secondary N) is 1. The Kier molecular flexibility index (Phi) is 5.63. The van der Waals surface area contributed by atoms with Gasteiger partial charge in [-0.1, -0.05) is 25.1 Å². The zero-order chi connectivity index (χ0) is 18.5. The highest BCUT2D eigenvalue weighted by molar-refractivity contribution is 7.09. The third kappa shape index (κ3) is 4.26. The van der Waals surface area contributed by atoms with Gasteiger partial charge >= 0.3 is 0 Å². The smallest absolute Gasteiger partial charge is 0.246 e. The minimum absolute atomic E-state index is 0.157. The number of nitrogens with zero attached hydrogens (tertiary/aromatic N) is 2. The number of hydrazone groups is 1. The average Bonchev–Trinajstić information content (AvgIpc) is 3.06. The van der Waals surface area contributed by atoms with Gasteiger partial charge in [0.2, 0.25) is 5.91 Å². The molecule has 0 aliphatic heterocycles. The molecule has 0 saturated heterocycles. The van der Waals surface area contributed by atoms with Crippen LogP contribution in [0, 0.1) is 6.92 Å². The van der Waals surface area contributed by atoms with Crippen LogP contribution in [0.4, 0.5) is 0 Å². The van der Waals surface area contributed by atoms with Crippen LogP contribution in [0.2, 0.25) is 0 Å². The molecule has 1 aromatic heterocycles. The molecule has 0 radical (unpaired) electrons. The lowest BCUT2D eigenvalue weighted by Crippen LogP contribution is -2.21. The van der Waals surface area contributed by atoms with Crippen LogP contribution in [0.3, 0.4) is 0 Å². The number of hydrogen-bond donors (Lipinski definition) is 1. The molecule has 0 fully saturated rings. The van der Waals surface area contributed by atoms with E-state index in [2.05, 4.69) is 21.6 Å². The van der Waals surface area contributed by atoms with Gasteiger partial charge in [-0.15, -0.1) is 11.3 Å². The van der Waals surface area contributed by atoms with Crippen molar-refractivity contribution in [3.8, 4) is 5.75 Å². The molecule has 3 aromatic rings. The van der Waals surface area contributed by atoms with Crippen LogP contribution in [-0.2, 0) is 11.2 Å². The van der Waals surface area contributed by atoms with Crippen molar-refractivity contribution in [1.29, 1.82) is 0 Å². The average molecular weight is 367 g/mol. The first kappa shape index (κ1) is 18.1. The van der Waals surface area contributed by atoms with Gasteiger partial charge in [0.15, 0.2) is 0 Å². The van der Waals surface area contributed by atoms with Crippen molar-refractivity contribution in [2.75, 3.05) is 7.11 Å². The molecule has 0 unspecified atom stereocenters. The van der Waals surface area contributed by atoms with Gasteiger partial charge in [-0.2, -0.15) is 5.10 Å². The van der Waals surface area contributed by atoms with E-state index in [1.807, 2.05) is 49.6 Å². The fourth-order valence-electron chi connectivity index (χ4n) is 2.67. The molecule has 1 amide bonds. The number of aryl methyl sites for hydroxylation is 1. The monoisotopic (exact) mass is 367 g/mol. The van der Waals surface area contributed by atoms with Crippen molar-refractivity contribution in [2.45, 2.75) is 26.7 Å². The molecule has 26 heavy (non-hydrogen) atoms. The van der Waals surface area contributed by atoms with E-state index < -0.39 is 0 Å². The van der Waals surface area contributed by atoms with Crippen molar-refractivity contribution >= 4 is 33.7 Å². The SMILES string of the molecule is CC/C(=N/NC(=O)Cc1nc(C)cs1)c1ccc2cc(OC)ccc2c1. The number of aromatic nitrogens is 1. The van der Waals surface area contributed by atoms with Crippen LogP contribution in [0.25, 0.3) is 10.8 Å². The molecule has 1 N–H and O–H groups in total. The third-order valence-electron chi connectivity index (χ3n) is 4.01. The Balaban J connectivity index is 1.75. The maximum Gasteiger partial charge on any atom is 0.246 e. The molecule has 0 aliphatic rings. The minimum atomic E-state index is -0.157. The summed E-state index contributed by atoms with van der Waals surface area (Å²) in [7, 11) is 1.66. The second-order valence-corrected chi connectivity index (χ2v) is 6.88. The number of hydrogen-bond acceptors (Lipinski definition) is 5. The predicted octanol–water partition coefficient (Wildman–Crippen LogP) is 4.09. The van der Waals surface area contributed by atoms with E-state index in [4.69, 9.17) is 4.74 Å². The number of rotatable bonds is 6. The summed E-state index contributed by atoms with van der Waals surface area (Å²) >= 11 is 1.49. The van der Waals surface area contributed by atoms with Gasteiger partial charge in [0, 0.05) is 11.1 Å². The van der Waals surface area contributed by atoms with Crippen LogP contribution in [-0.4, -0.2) is 23.7 Å². The van der Waals surface area contributed by atoms with Gasteiger partial charge in [0.05, 0.1) is 19.2 Å². The Labute approximate surface area is 156 Å². The van der Waals surface area contributed by atoms with Gasteiger partial charge in [-0.3, -0.25) is 4.79 Å². The molecule has 0 bridgehead atoms. The third-order valence-corrected chi connectivity index (χ3v) is 4.98. The maximum atomic E-state index is 12.1. The van der Waals surface area contributed by atoms with Gasteiger partial charge in [-0.05, 0) is 47.9 Å². The minimum Gasteiger partial charge on any atom is -0.497 e. The summed E-state index contributed by atoms with van der Waals surface area (Å²) in [4.78, 5) is 16.4. The van der Waals surface area contributed by atoms with Crippen molar-refractivity contribution in [2.24, 2.45) is 5.10 Å². The molecular formula is C20H21N3O2S. The van der Waals surface area contributed by atoms with E-state index in [-0.39, 0.29) is 12.3 Å². The largest absolute Gasteiger partial charge is 0.497 e. The molecule has 3 rings (SSSR count). The molecule has 134 valence electrons. The van der Waals surface area contributed by atoms with Crippen LogP contribution in [0.15, 0.2) is 46.9 Å². The van der Waals surface area contributed by atoms with Crippen LogP contribution < -0.4 is 10.2 Å². The molecule has 6 heteroatoms. The number of amides is 1. The Bertz CT molecular complexity index is 963. The van der Waals surface area contributed by atoms with Crippen LogP contribution in [0.1, 0.15) is 29.6 Å². The fraction of sp³-hybridized carbons (Fsp3) is 0.250. The zero-order valence-electron chi connectivity index (χ0n) is 15.1. The summed E-state index contributed by atoms with van der Waals surface area (Å²) in [5.41, 5.74) is 5.42. The Morgan fingerprint density at radius 3 is 2.69 bits per heavy atom. The number of carbonyl (C=O) groups excluding carboxylic acids is 1.